The Morgan fingerprint density at radius 2 is 2.11 bits per heavy atom. The number of thioether (sulfide) groups is 1. The Kier molecular flexibility index (Phi) is 6.99. The lowest BCUT2D eigenvalue weighted by Crippen LogP contribution is -2.44. The summed E-state index contributed by atoms with van der Waals surface area (Å²) in [5, 5.41) is 11.6. The van der Waals surface area contributed by atoms with Gasteiger partial charge in [0.15, 0.2) is 6.61 Å². The summed E-state index contributed by atoms with van der Waals surface area (Å²) in [4.78, 5) is 12.3. The van der Waals surface area contributed by atoms with Crippen LogP contribution in [0.4, 0.5) is 0 Å². The van der Waals surface area contributed by atoms with Crippen LogP contribution in [0, 0.1) is 25.7 Å². The molecule has 2 aromatic rings. The molecule has 1 aromatic carbocycles. The summed E-state index contributed by atoms with van der Waals surface area (Å²) < 4.78 is 11.4. The second-order valence-electron chi connectivity index (χ2n) is 7.75. The van der Waals surface area contributed by atoms with Crippen LogP contribution in [0.15, 0.2) is 27.8 Å². The summed E-state index contributed by atoms with van der Waals surface area (Å²) in [6.45, 7) is 8.71. The number of aryl methyl sites for hydroxylation is 2. The summed E-state index contributed by atoms with van der Waals surface area (Å²) in [5.41, 5.74) is 2.19. The summed E-state index contributed by atoms with van der Waals surface area (Å²) in [7, 11) is 0. The molecule has 0 radical (unpaired) electrons. The van der Waals surface area contributed by atoms with Gasteiger partial charge in [-0.25, -0.2) is 0 Å². The molecular formula is C21H29N3O3S. The highest BCUT2D eigenvalue weighted by molar-refractivity contribution is 7.99. The van der Waals surface area contributed by atoms with Crippen LogP contribution in [0.2, 0.25) is 0 Å². The Balaban J connectivity index is 1.45. The molecule has 0 spiro atoms. The zero-order chi connectivity index (χ0) is 20.1. The summed E-state index contributed by atoms with van der Waals surface area (Å²) in [6.07, 6.45) is 3.48. The minimum Gasteiger partial charge on any atom is -0.484 e. The summed E-state index contributed by atoms with van der Waals surface area (Å²) in [5.74, 6) is 2.67. The number of benzene rings is 1. The van der Waals surface area contributed by atoms with E-state index in [1.165, 1.54) is 24.6 Å². The molecule has 1 N–H and O–H groups in total. The van der Waals surface area contributed by atoms with Crippen LogP contribution < -0.4 is 10.1 Å². The van der Waals surface area contributed by atoms with Gasteiger partial charge in [-0.05, 0) is 49.3 Å². The Labute approximate surface area is 170 Å². The van der Waals surface area contributed by atoms with E-state index in [-0.39, 0.29) is 24.3 Å². The quantitative estimate of drug-likeness (QED) is 0.695. The van der Waals surface area contributed by atoms with E-state index in [1.807, 2.05) is 32.0 Å². The number of ether oxygens (including phenoxy) is 1. The largest absolute Gasteiger partial charge is 0.484 e. The Morgan fingerprint density at radius 3 is 2.93 bits per heavy atom. The van der Waals surface area contributed by atoms with Gasteiger partial charge in [0, 0.05) is 6.04 Å². The number of hydrogen-bond acceptors (Lipinski definition) is 6. The third-order valence-corrected chi connectivity index (χ3v) is 6.34. The fraction of sp³-hybridized carbons (Fsp3) is 0.571. The van der Waals surface area contributed by atoms with Gasteiger partial charge in [-0.3, -0.25) is 4.79 Å². The Hall–Kier alpha value is -2.02. The number of nitrogens with zero attached hydrogens (tertiary/aromatic N) is 2. The number of carbonyl (C=O) groups is 1. The number of nitrogens with one attached hydrogen (secondary N) is 1. The molecule has 6 nitrogen and oxygen atoms in total. The smallest absolute Gasteiger partial charge is 0.277 e. The molecule has 1 aromatic heterocycles. The maximum atomic E-state index is 12.3. The number of hydrogen-bond donors (Lipinski definition) is 1. The van der Waals surface area contributed by atoms with Gasteiger partial charge < -0.3 is 14.5 Å². The van der Waals surface area contributed by atoms with Crippen molar-refractivity contribution in [1.82, 2.24) is 15.5 Å². The second kappa shape index (κ2) is 9.45. The predicted octanol–water partition coefficient (Wildman–Crippen LogP) is 4.30. The fourth-order valence-electron chi connectivity index (χ4n) is 3.52. The van der Waals surface area contributed by atoms with Crippen molar-refractivity contribution in [1.29, 1.82) is 0 Å². The summed E-state index contributed by atoms with van der Waals surface area (Å²) >= 11 is 1.26. The molecular weight excluding hydrogens is 374 g/mol. The lowest BCUT2D eigenvalue weighted by molar-refractivity contribution is -0.120. The Morgan fingerprint density at radius 1 is 1.29 bits per heavy atom. The van der Waals surface area contributed by atoms with Crippen LogP contribution in [-0.2, 0) is 11.4 Å². The van der Waals surface area contributed by atoms with E-state index >= 15 is 0 Å². The van der Waals surface area contributed by atoms with Gasteiger partial charge in [0.25, 0.3) is 11.1 Å². The van der Waals surface area contributed by atoms with E-state index in [0.717, 1.165) is 23.3 Å². The zero-order valence-electron chi connectivity index (χ0n) is 17.0. The van der Waals surface area contributed by atoms with Gasteiger partial charge >= 0.3 is 0 Å². The standard InChI is InChI=1S/C21H29N3O3S/c1-13-8-9-15(3)18(10-13)26-11-20-23-24-21(27-20)28-12-19(25)22-17-7-5-6-14(2)16(17)4/h8-10,14,16-17H,5-7,11-12H2,1-4H3,(H,22,25)/t14-,16-,17+/m0/s1. The number of carbonyl (C=O) groups excluding carboxylic acids is 1. The fourth-order valence-corrected chi connectivity index (χ4v) is 4.11. The normalized spacial score (nSPS) is 22.1. The monoisotopic (exact) mass is 403 g/mol. The molecule has 152 valence electrons. The molecule has 1 aliphatic rings. The third kappa shape index (κ3) is 5.50. The van der Waals surface area contributed by atoms with E-state index in [9.17, 15) is 4.79 Å². The molecule has 1 aliphatic carbocycles. The van der Waals surface area contributed by atoms with Crippen LogP contribution >= 0.6 is 11.8 Å². The molecule has 0 bridgehead atoms. The maximum Gasteiger partial charge on any atom is 0.277 e. The van der Waals surface area contributed by atoms with E-state index in [2.05, 4.69) is 29.4 Å². The molecule has 3 rings (SSSR count). The first-order valence-electron chi connectivity index (χ1n) is 9.87. The van der Waals surface area contributed by atoms with Gasteiger partial charge in [-0.2, -0.15) is 0 Å². The molecule has 1 amide bonds. The van der Waals surface area contributed by atoms with Crippen LogP contribution in [0.3, 0.4) is 0 Å². The minimum atomic E-state index is 0.0161. The van der Waals surface area contributed by atoms with E-state index in [4.69, 9.17) is 9.15 Å². The van der Waals surface area contributed by atoms with E-state index in [0.29, 0.717) is 22.9 Å². The maximum absolute atomic E-state index is 12.3. The average Bonchev–Trinajstić information content (AvgIpc) is 3.12. The highest BCUT2D eigenvalue weighted by atomic mass is 32.2. The predicted molar refractivity (Wildman–Crippen MR) is 109 cm³/mol. The number of rotatable bonds is 7. The van der Waals surface area contributed by atoms with Crippen molar-refractivity contribution in [2.75, 3.05) is 5.75 Å². The highest BCUT2D eigenvalue weighted by Crippen LogP contribution is 2.29. The first-order valence-corrected chi connectivity index (χ1v) is 10.9. The molecule has 0 saturated heterocycles. The lowest BCUT2D eigenvalue weighted by Gasteiger charge is -2.34. The molecule has 7 heteroatoms. The van der Waals surface area contributed by atoms with Gasteiger partial charge in [0.2, 0.25) is 5.91 Å². The van der Waals surface area contributed by atoms with Crippen molar-refractivity contribution >= 4 is 17.7 Å². The van der Waals surface area contributed by atoms with Crippen molar-refractivity contribution in [3.8, 4) is 5.75 Å². The topological polar surface area (TPSA) is 77.2 Å². The van der Waals surface area contributed by atoms with Gasteiger partial charge in [-0.15, -0.1) is 10.2 Å². The SMILES string of the molecule is Cc1ccc(C)c(OCc2nnc(SCC(=O)N[C@@H]3CCC[C@H](C)[C@@H]3C)o2)c1. The zero-order valence-corrected chi connectivity index (χ0v) is 17.8. The first kappa shape index (κ1) is 20.7. The van der Waals surface area contributed by atoms with E-state index in [1.54, 1.807) is 0 Å². The molecule has 28 heavy (non-hydrogen) atoms. The van der Waals surface area contributed by atoms with Gasteiger partial charge in [0.1, 0.15) is 5.75 Å². The van der Waals surface area contributed by atoms with Crippen LogP contribution in [0.25, 0.3) is 0 Å². The first-order chi connectivity index (χ1) is 13.4. The number of amides is 1. The van der Waals surface area contributed by atoms with Crippen LogP contribution in [0.5, 0.6) is 5.75 Å². The van der Waals surface area contributed by atoms with Gasteiger partial charge in [0.05, 0.1) is 5.75 Å². The molecule has 3 atom stereocenters. The molecule has 0 aliphatic heterocycles. The molecule has 1 fully saturated rings. The highest BCUT2D eigenvalue weighted by Gasteiger charge is 2.28. The van der Waals surface area contributed by atoms with Crippen LogP contribution in [0.1, 0.15) is 50.1 Å². The third-order valence-electron chi connectivity index (χ3n) is 5.52. The van der Waals surface area contributed by atoms with Crippen molar-refractivity contribution in [3.63, 3.8) is 0 Å². The van der Waals surface area contributed by atoms with Crippen molar-refractivity contribution < 1.29 is 13.9 Å². The van der Waals surface area contributed by atoms with Crippen molar-refractivity contribution in [2.24, 2.45) is 11.8 Å². The number of aromatic nitrogens is 2. The molecule has 1 saturated carbocycles. The van der Waals surface area contributed by atoms with Crippen molar-refractivity contribution in [2.45, 2.75) is 64.8 Å². The molecule has 0 unspecified atom stereocenters. The van der Waals surface area contributed by atoms with E-state index < -0.39 is 0 Å². The van der Waals surface area contributed by atoms with Gasteiger partial charge in [-0.1, -0.05) is 50.6 Å². The van der Waals surface area contributed by atoms with Crippen molar-refractivity contribution in [3.05, 3.63) is 35.2 Å². The lowest BCUT2D eigenvalue weighted by atomic mass is 9.78. The second-order valence-corrected chi connectivity index (χ2v) is 8.68. The van der Waals surface area contributed by atoms with Crippen LogP contribution in [-0.4, -0.2) is 27.9 Å². The summed E-state index contributed by atoms with van der Waals surface area (Å²) in [6, 6.07) is 6.31. The minimum absolute atomic E-state index is 0.0161. The average molecular weight is 404 g/mol. The Bertz CT molecular complexity index is 808. The molecule has 1 heterocycles.